The fourth-order valence-electron chi connectivity index (χ4n) is 1.94. The Morgan fingerprint density at radius 3 is 2.78 bits per heavy atom. The summed E-state index contributed by atoms with van der Waals surface area (Å²) in [5.41, 5.74) is 2.13. The summed E-state index contributed by atoms with van der Waals surface area (Å²) in [6.07, 6.45) is 0. The van der Waals surface area contributed by atoms with E-state index in [9.17, 15) is 0 Å². The summed E-state index contributed by atoms with van der Waals surface area (Å²) in [6, 6.07) is 8.06. The summed E-state index contributed by atoms with van der Waals surface area (Å²) in [5.74, 6) is 1.23. The number of nitrogens with zero attached hydrogens (tertiary/aromatic N) is 2. The molecule has 4 nitrogen and oxygen atoms in total. The van der Waals surface area contributed by atoms with E-state index >= 15 is 0 Å². The number of rotatable bonds is 4. The van der Waals surface area contributed by atoms with Crippen molar-refractivity contribution in [3.05, 3.63) is 40.4 Å². The summed E-state index contributed by atoms with van der Waals surface area (Å²) in [4.78, 5) is 0. The molecule has 0 unspecified atom stereocenters. The van der Waals surface area contributed by atoms with Crippen molar-refractivity contribution in [2.75, 3.05) is 7.11 Å². The molecule has 0 amide bonds. The number of para-hydroxylation sites is 1. The molecule has 0 saturated heterocycles. The van der Waals surface area contributed by atoms with Crippen molar-refractivity contribution in [2.45, 2.75) is 26.4 Å². The molecule has 0 aliphatic heterocycles. The molecule has 2 aromatic rings. The molecule has 5 heteroatoms. The Morgan fingerprint density at radius 2 is 2.11 bits per heavy atom. The first-order chi connectivity index (χ1) is 8.65. The number of ether oxygens (including phenoxy) is 1. The van der Waals surface area contributed by atoms with Crippen LogP contribution in [0.4, 0.5) is 0 Å². The number of hydrogen-bond donors (Lipinski definition) is 1. The van der Waals surface area contributed by atoms with Crippen LogP contribution in [0.5, 0.6) is 0 Å². The maximum absolute atomic E-state index is 5.32. The molecule has 0 aliphatic carbocycles. The third kappa shape index (κ3) is 2.37. The van der Waals surface area contributed by atoms with Crippen LogP contribution in [0.2, 0.25) is 0 Å². The van der Waals surface area contributed by atoms with Crippen molar-refractivity contribution in [2.24, 2.45) is 0 Å². The molecular formula is C13H17N3OS. The van der Waals surface area contributed by atoms with Gasteiger partial charge in [-0.25, -0.2) is 0 Å². The molecule has 0 radical (unpaired) electrons. The van der Waals surface area contributed by atoms with Gasteiger partial charge in [0.1, 0.15) is 5.82 Å². The van der Waals surface area contributed by atoms with E-state index in [1.165, 1.54) is 0 Å². The Morgan fingerprint density at radius 1 is 1.39 bits per heavy atom. The van der Waals surface area contributed by atoms with Gasteiger partial charge in [0.15, 0.2) is 4.77 Å². The molecule has 0 aliphatic rings. The average Bonchev–Trinajstić information content (AvgIpc) is 2.72. The number of aromatic nitrogens is 3. The van der Waals surface area contributed by atoms with Gasteiger partial charge in [0.25, 0.3) is 0 Å². The number of nitrogens with one attached hydrogen (secondary N) is 1. The SMILES string of the molecule is COCc1ccccc1-n1c(C(C)C)n[nH]c1=S. The fraction of sp³-hybridized carbons (Fsp3) is 0.385. The molecule has 18 heavy (non-hydrogen) atoms. The minimum absolute atomic E-state index is 0.300. The Bertz CT molecular complexity index is 586. The molecule has 0 fully saturated rings. The molecule has 1 N–H and O–H groups in total. The van der Waals surface area contributed by atoms with Gasteiger partial charge < -0.3 is 4.74 Å². The first-order valence-electron chi connectivity index (χ1n) is 5.89. The van der Waals surface area contributed by atoms with Crippen molar-refractivity contribution in [3.8, 4) is 5.69 Å². The lowest BCUT2D eigenvalue weighted by molar-refractivity contribution is 0.184. The number of H-pyrrole nitrogens is 1. The fourth-order valence-corrected chi connectivity index (χ4v) is 2.17. The van der Waals surface area contributed by atoms with Crippen molar-refractivity contribution in [1.29, 1.82) is 0 Å². The van der Waals surface area contributed by atoms with E-state index in [0.29, 0.717) is 17.3 Å². The first kappa shape index (κ1) is 13.0. The Balaban J connectivity index is 2.61. The molecule has 1 heterocycles. The van der Waals surface area contributed by atoms with Crippen LogP contribution in [0.25, 0.3) is 5.69 Å². The van der Waals surface area contributed by atoms with E-state index in [1.54, 1.807) is 7.11 Å². The smallest absolute Gasteiger partial charge is 0.199 e. The van der Waals surface area contributed by atoms with Gasteiger partial charge in [0.05, 0.1) is 12.3 Å². The van der Waals surface area contributed by atoms with E-state index in [2.05, 4.69) is 24.0 Å². The van der Waals surface area contributed by atoms with Crippen LogP contribution in [-0.2, 0) is 11.3 Å². The monoisotopic (exact) mass is 263 g/mol. The highest BCUT2D eigenvalue weighted by molar-refractivity contribution is 7.71. The maximum Gasteiger partial charge on any atom is 0.199 e. The zero-order valence-electron chi connectivity index (χ0n) is 10.8. The summed E-state index contributed by atoms with van der Waals surface area (Å²) in [7, 11) is 1.69. The normalized spacial score (nSPS) is 11.1. The van der Waals surface area contributed by atoms with Crippen LogP contribution in [0.15, 0.2) is 24.3 Å². The Kier molecular flexibility index (Phi) is 3.93. The van der Waals surface area contributed by atoms with E-state index in [0.717, 1.165) is 17.1 Å². The van der Waals surface area contributed by atoms with Gasteiger partial charge in [-0.1, -0.05) is 32.0 Å². The van der Waals surface area contributed by atoms with Gasteiger partial charge in [-0.3, -0.25) is 9.67 Å². The third-order valence-electron chi connectivity index (χ3n) is 2.75. The average molecular weight is 263 g/mol. The molecular weight excluding hydrogens is 246 g/mol. The zero-order valence-corrected chi connectivity index (χ0v) is 11.6. The summed E-state index contributed by atoms with van der Waals surface area (Å²) >= 11 is 5.32. The lowest BCUT2D eigenvalue weighted by Crippen LogP contribution is -2.06. The topological polar surface area (TPSA) is 42.8 Å². The van der Waals surface area contributed by atoms with Crippen molar-refractivity contribution in [1.82, 2.24) is 14.8 Å². The van der Waals surface area contributed by atoms with Gasteiger partial charge in [-0.05, 0) is 18.3 Å². The minimum Gasteiger partial charge on any atom is -0.380 e. The molecule has 1 aromatic carbocycles. The summed E-state index contributed by atoms with van der Waals surface area (Å²) in [6.45, 7) is 4.75. The molecule has 0 bridgehead atoms. The van der Waals surface area contributed by atoms with Crippen molar-refractivity contribution in [3.63, 3.8) is 0 Å². The van der Waals surface area contributed by atoms with Gasteiger partial charge in [-0.15, -0.1) is 0 Å². The largest absolute Gasteiger partial charge is 0.380 e. The van der Waals surface area contributed by atoms with Crippen LogP contribution in [0.1, 0.15) is 31.2 Å². The van der Waals surface area contributed by atoms with Gasteiger partial charge in [-0.2, -0.15) is 5.10 Å². The molecule has 2 rings (SSSR count). The second kappa shape index (κ2) is 5.46. The van der Waals surface area contributed by atoms with Crippen LogP contribution in [0.3, 0.4) is 0 Å². The van der Waals surface area contributed by atoms with E-state index in [1.807, 2.05) is 28.8 Å². The lowest BCUT2D eigenvalue weighted by atomic mass is 10.1. The Hall–Kier alpha value is -1.46. The van der Waals surface area contributed by atoms with E-state index in [4.69, 9.17) is 17.0 Å². The van der Waals surface area contributed by atoms with Gasteiger partial charge in [0, 0.05) is 18.6 Å². The van der Waals surface area contributed by atoms with Crippen molar-refractivity contribution < 1.29 is 4.74 Å². The second-order valence-corrected chi connectivity index (χ2v) is 4.83. The van der Waals surface area contributed by atoms with Gasteiger partial charge >= 0.3 is 0 Å². The van der Waals surface area contributed by atoms with Gasteiger partial charge in [0.2, 0.25) is 0 Å². The number of aromatic amines is 1. The lowest BCUT2D eigenvalue weighted by Gasteiger charge is -2.13. The number of methoxy groups -OCH3 is 1. The highest BCUT2D eigenvalue weighted by Crippen LogP contribution is 2.21. The quantitative estimate of drug-likeness (QED) is 0.861. The van der Waals surface area contributed by atoms with Crippen LogP contribution >= 0.6 is 12.2 Å². The zero-order chi connectivity index (χ0) is 13.1. The molecule has 1 aromatic heterocycles. The van der Waals surface area contributed by atoms with Crippen LogP contribution in [0, 0.1) is 4.77 Å². The van der Waals surface area contributed by atoms with E-state index < -0.39 is 0 Å². The molecule has 0 saturated carbocycles. The predicted molar refractivity (Wildman–Crippen MR) is 73.6 cm³/mol. The molecule has 96 valence electrons. The summed E-state index contributed by atoms with van der Waals surface area (Å²) in [5, 5.41) is 7.16. The molecule has 0 atom stereocenters. The number of benzene rings is 1. The third-order valence-corrected chi connectivity index (χ3v) is 3.02. The first-order valence-corrected chi connectivity index (χ1v) is 6.30. The molecule has 0 spiro atoms. The summed E-state index contributed by atoms with van der Waals surface area (Å²) < 4.78 is 7.82. The Labute approximate surface area is 112 Å². The standard InChI is InChI=1S/C13H17N3OS/c1-9(2)12-14-15-13(18)16(12)11-7-5-4-6-10(11)8-17-3/h4-7,9H,8H2,1-3H3,(H,15,18). The van der Waals surface area contributed by atoms with Crippen LogP contribution < -0.4 is 0 Å². The minimum atomic E-state index is 0.300. The highest BCUT2D eigenvalue weighted by Gasteiger charge is 2.14. The highest BCUT2D eigenvalue weighted by atomic mass is 32.1. The van der Waals surface area contributed by atoms with Crippen molar-refractivity contribution >= 4 is 12.2 Å². The maximum atomic E-state index is 5.32. The number of hydrogen-bond acceptors (Lipinski definition) is 3. The van der Waals surface area contributed by atoms with E-state index in [-0.39, 0.29) is 0 Å². The second-order valence-electron chi connectivity index (χ2n) is 4.44. The predicted octanol–water partition coefficient (Wildman–Crippen LogP) is 3.20. The van der Waals surface area contributed by atoms with Crippen LogP contribution in [-0.4, -0.2) is 21.9 Å².